The third kappa shape index (κ3) is 2.04. The van der Waals surface area contributed by atoms with Crippen LogP contribution in [-0.4, -0.2) is 18.8 Å². The van der Waals surface area contributed by atoms with Gasteiger partial charge in [0.1, 0.15) is 0 Å². The van der Waals surface area contributed by atoms with Gasteiger partial charge < -0.3 is 15.2 Å². The van der Waals surface area contributed by atoms with E-state index in [9.17, 15) is 5.11 Å². The molecule has 1 heterocycles. The van der Waals surface area contributed by atoms with E-state index in [1.807, 2.05) is 13.8 Å². The van der Waals surface area contributed by atoms with Gasteiger partial charge in [-0.3, -0.25) is 0 Å². The molecule has 0 radical (unpaired) electrons. The fourth-order valence-corrected chi connectivity index (χ4v) is 2.98. The average molecular weight is 300 g/mol. The van der Waals surface area contributed by atoms with Crippen LogP contribution in [0.15, 0.2) is 4.47 Å². The number of hydrogen-bond acceptors (Lipinski definition) is 3. The summed E-state index contributed by atoms with van der Waals surface area (Å²) in [6.45, 7) is 4.99. The van der Waals surface area contributed by atoms with Crippen molar-refractivity contribution in [2.45, 2.75) is 32.7 Å². The second-order valence-electron chi connectivity index (χ2n) is 4.51. The Morgan fingerprint density at radius 2 is 2.06 bits per heavy atom. The van der Waals surface area contributed by atoms with Crippen LogP contribution in [0.25, 0.3) is 0 Å². The van der Waals surface area contributed by atoms with E-state index in [4.69, 9.17) is 4.74 Å². The van der Waals surface area contributed by atoms with Gasteiger partial charge in [-0.05, 0) is 38.8 Å². The first kappa shape index (κ1) is 12.7. The monoisotopic (exact) mass is 299 g/mol. The quantitative estimate of drug-likeness (QED) is 0.881. The first-order valence-electron chi connectivity index (χ1n) is 5.86. The zero-order valence-electron chi connectivity index (χ0n) is 10.4. The Morgan fingerprint density at radius 3 is 2.59 bits per heavy atom. The molecule has 1 aliphatic heterocycles. The molecule has 1 aromatic carbocycles. The smallest absolute Gasteiger partial charge is 0.164 e. The Bertz CT molecular complexity index is 440. The molecule has 17 heavy (non-hydrogen) atoms. The molecule has 4 heteroatoms. The Balaban J connectivity index is 2.61. The first-order valence-corrected chi connectivity index (χ1v) is 6.66. The van der Waals surface area contributed by atoms with Gasteiger partial charge in [0.05, 0.1) is 7.11 Å². The molecule has 3 nitrogen and oxygen atoms in total. The lowest BCUT2D eigenvalue weighted by Gasteiger charge is -2.21. The lowest BCUT2D eigenvalue weighted by Crippen LogP contribution is -2.15. The summed E-state index contributed by atoms with van der Waals surface area (Å²) < 4.78 is 6.33. The SMILES string of the molecule is COc1c(C)c(Br)c(C)c(C2CCCN2)c1O. The predicted octanol–water partition coefficient (Wildman–Crippen LogP) is 3.20. The van der Waals surface area contributed by atoms with Crippen LogP contribution in [0.3, 0.4) is 0 Å². The first-order chi connectivity index (χ1) is 8.07. The molecule has 0 aliphatic carbocycles. The molecular formula is C13H18BrNO2. The second-order valence-corrected chi connectivity index (χ2v) is 5.30. The zero-order valence-corrected chi connectivity index (χ0v) is 12.0. The molecule has 94 valence electrons. The molecule has 1 aromatic rings. The van der Waals surface area contributed by atoms with E-state index in [0.717, 1.165) is 40.5 Å². The minimum absolute atomic E-state index is 0.237. The summed E-state index contributed by atoms with van der Waals surface area (Å²) in [6, 6.07) is 0.237. The molecule has 0 amide bonds. The average Bonchev–Trinajstić information content (AvgIpc) is 2.81. The summed E-state index contributed by atoms with van der Waals surface area (Å²) in [5.74, 6) is 0.858. The maximum atomic E-state index is 10.3. The highest BCUT2D eigenvalue weighted by Gasteiger charge is 2.26. The molecule has 0 aromatic heterocycles. The van der Waals surface area contributed by atoms with Crippen LogP contribution >= 0.6 is 15.9 Å². The number of ether oxygens (including phenoxy) is 1. The lowest BCUT2D eigenvalue weighted by molar-refractivity contribution is 0.364. The van der Waals surface area contributed by atoms with E-state index in [1.54, 1.807) is 7.11 Å². The Labute approximate surface area is 110 Å². The second kappa shape index (κ2) is 4.86. The summed E-state index contributed by atoms with van der Waals surface area (Å²) in [6.07, 6.45) is 2.21. The maximum absolute atomic E-state index is 10.3. The van der Waals surface area contributed by atoms with Gasteiger partial charge in [-0.1, -0.05) is 15.9 Å². The van der Waals surface area contributed by atoms with E-state index in [1.165, 1.54) is 0 Å². The molecule has 2 rings (SSSR count). The number of aromatic hydroxyl groups is 1. The third-order valence-electron chi connectivity index (χ3n) is 3.49. The number of halogens is 1. The van der Waals surface area contributed by atoms with E-state index < -0.39 is 0 Å². The molecule has 0 spiro atoms. The third-order valence-corrected chi connectivity index (χ3v) is 4.68. The van der Waals surface area contributed by atoms with Crippen molar-refractivity contribution in [2.24, 2.45) is 0 Å². The molecule has 2 N–H and O–H groups in total. The van der Waals surface area contributed by atoms with E-state index >= 15 is 0 Å². The van der Waals surface area contributed by atoms with Gasteiger partial charge in [0, 0.05) is 21.6 Å². The largest absolute Gasteiger partial charge is 0.504 e. The van der Waals surface area contributed by atoms with E-state index in [-0.39, 0.29) is 11.8 Å². The maximum Gasteiger partial charge on any atom is 0.164 e. The molecular weight excluding hydrogens is 282 g/mol. The fraction of sp³-hybridized carbons (Fsp3) is 0.538. The van der Waals surface area contributed by atoms with Crippen LogP contribution in [0.4, 0.5) is 0 Å². The number of hydrogen-bond donors (Lipinski definition) is 2. The summed E-state index contributed by atoms with van der Waals surface area (Å²) in [5, 5.41) is 13.8. The van der Waals surface area contributed by atoms with Gasteiger partial charge in [-0.2, -0.15) is 0 Å². The minimum Gasteiger partial charge on any atom is -0.504 e. The standard InChI is InChI=1S/C13H18BrNO2/c1-7-10(9-5-4-6-15-9)12(16)13(17-3)8(2)11(7)14/h9,15-16H,4-6H2,1-3H3. The van der Waals surface area contributed by atoms with E-state index in [2.05, 4.69) is 21.2 Å². The van der Waals surface area contributed by atoms with Gasteiger partial charge in [-0.25, -0.2) is 0 Å². The number of phenolic OH excluding ortho intramolecular Hbond substituents is 1. The number of rotatable bonds is 2. The topological polar surface area (TPSA) is 41.5 Å². The summed E-state index contributed by atoms with van der Waals surface area (Å²) in [5.41, 5.74) is 3.02. The number of nitrogens with one attached hydrogen (secondary N) is 1. The molecule has 1 unspecified atom stereocenters. The fourth-order valence-electron chi connectivity index (χ4n) is 2.58. The summed E-state index contributed by atoms with van der Waals surface area (Å²) >= 11 is 3.58. The van der Waals surface area contributed by atoms with Crippen molar-refractivity contribution in [3.8, 4) is 11.5 Å². The molecule has 1 saturated heterocycles. The predicted molar refractivity (Wildman–Crippen MR) is 71.8 cm³/mol. The van der Waals surface area contributed by atoms with Crippen molar-refractivity contribution in [3.63, 3.8) is 0 Å². The Hall–Kier alpha value is -0.740. The molecule has 1 atom stereocenters. The number of benzene rings is 1. The van der Waals surface area contributed by atoms with Crippen molar-refractivity contribution >= 4 is 15.9 Å². The molecule has 0 saturated carbocycles. The summed E-state index contributed by atoms with van der Waals surface area (Å²) in [7, 11) is 1.59. The molecule has 0 bridgehead atoms. The number of methoxy groups -OCH3 is 1. The van der Waals surface area contributed by atoms with Crippen LogP contribution in [-0.2, 0) is 0 Å². The highest BCUT2D eigenvalue weighted by atomic mass is 79.9. The highest BCUT2D eigenvalue weighted by molar-refractivity contribution is 9.10. The van der Waals surface area contributed by atoms with Crippen LogP contribution in [0.1, 0.15) is 35.6 Å². The van der Waals surface area contributed by atoms with Gasteiger partial charge in [0.2, 0.25) is 0 Å². The molecule has 1 aliphatic rings. The van der Waals surface area contributed by atoms with Crippen LogP contribution < -0.4 is 10.1 Å². The lowest BCUT2D eigenvalue weighted by atomic mass is 9.96. The minimum atomic E-state index is 0.237. The Kier molecular flexibility index (Phi) is 3.64. The van der Waals surface area contributed by atoms with Crippen molar-refractivity contribution in [1.82, 2.24) is 5.32 Å². The van der Waals surface area contributed by atoms with Crippen LogP contribution in [0.5, 0.6) is 11.5 Å². The van der Waals surface area contributed by atoms with E-state index in [0.29, 0.717) is 5.75 Å². The Morgan fingerprint density at radius 1 is 1.35 bits per heavy atom. The van der Waals surface area contributed by atoms with Gasteiger partial charge >= 0.3 is 0 Å². The van der Waals surface area contributed by atoms with Gasteiger partial charge in [0.25, 0.3) is 0 Å². The normalized spacial score (nSPS) is 19.6. The van der Waals surface area contributed by atoms with Crippen molar-refractivity contribution in [1.29, 1.82) is 0 Å². The van der Waals surface area contributed by atoms with Gasteiger partial charge in [-0.15, -0.1) is 0 Å². The van der Waals surface area contributed by atoms with Crippen molar-refractivity contribution < 1.29 is 9.84 Å². The van der Waals surface area contributed by atoms with Crippen molar-refractivity contribution in [3.05, 3.63) is 21.2 Å². The highest BCUT2D eigenvalue weighted by Crippen LogP contribution is 2.45. The van der Waals surface area contributed by atoms with Gasteiger partial charge in [0.15, 0.2) is 11.5 Å². The molecule has 1 fully saturated rings. The van der Waals surface area contributed by atoms with Crippen LogP contribution in [0.2, 0.25) is 0 Å². The summed E-state index contributed by atoms with van der Waals surface area (Å²) in [4.78, 5) is 0. The number of phenols is 1. The van der Waals surface area contributed by atoms with Crippen LogP contribution in [0, 0.1) is 13.8 Å². The van der Waals surface area contributed by atoms with Crippen molar-refractivity contribution in [2.75, 3.05) is 13.7 Å². The zero-order chi connectivity index (χ0) is 12.6.